The number of aromatic nitrogens is 3. The van der Waals surface area contributed by atoms with Crippen molar-refractivity contribution in [1.82, 2.24) is 14.3 Å². The van der Waals surface area contributed by atoms with Crippen molar-refractivity contribution in [2.24, 2.45) is 7.05 Å². The number of aryl methyl sites for hydroxylation is 2. The molecule has 0 saturated carbocycles. The fourth-order valence-electron chi connectivity index (χ4n) is 0.638. The molecular weight excluding hydrogens is 118 g/mol. The van der Waals surface area contributed by atoms with E-state index in [0.717, 1.165) is 0 Å². The number of hydrogen-bond acceptors (Lipinski definition) is 2. The van der Waals surface area contributed by atoms with Crippen molar-refractivity contribution >= 4 is 0 Å². The van der Waals surface area contributed by atoms with Gasteiger partial charge in [0.25, 0.3) is 0 Å². The maximum absolute atomic E-state index is 10.9. The van der Waals surface area contributed by atoms with Gasteiger partial charge in [-0.3, -0.25) is 4.57 Å². The fourth-order valence-corrected chi connectivity index (χ4v) is 0.638. The molecule has 0 fully saturated rings. The Morgan fingerprint density at radius 1 is 1.78 bits per heavy atom. The van der Waals surface area contributed by atoms with Crippen LogP contribution >= 0.6 is 0 Å². The van der Waals surface area contributed by atoms with Gasteiger partial charge >= 0.3 is 5.69 Å². The van der Waals surface area contributed by atoms with Gasteiger partial charge in [0.1, 0.15) is 6.33 Å². The molecule has 1 aromatic heterocycles. The molecule has 0 radical (unpaired) electrons. The molecule has 1 rings (SSSR count). The van der Waals surface area contributed by atoms with E-state index in [2.05, 4.69) is 5.10 Å². The van der Waals surface area contributed by atoms with Crippen molar-refractivity contribution in [3.05, 3.63) is 16.8 Å². The van der Waals surface area contributed by atoms with Crippen LogP contribution < -0.4 is 5.69 Å². The second-order valence-corrected chi connectivity index (χ2v) is 1.84. The van der Waals surface area contributed by atoms with Gasteiger partial charge in [-0.05, 0) is 6.92 Å². The first-order valence-electron chi connectivity index (χ1n) is 2.84. The van der Waals surface area contributed by atoms with Crippen molar-refractivity contribution < 1.29 is 0 Å². The third-order valence-electron chi connectivity index (χ3n) is 1.19. The molecule has 50 valence electrons. The smallest absolute Gasteiger partial charge is 0.285 e. The molecular formula is C5H9N3O. The molecule has 0 atom stereocenters. The SMILES string of the molecule is CCn1ncn(C)c1=O. The van der Waals surface area contributed by atoms with E-state index in [9.17, 15) is 4.79 Å². The zero-order chi connectivity index (χ0) is 6.85. The van der Waals surface area contributed by atoms with Gasteiger partial charge in [0.2, 0.25) is 0 Å². The third kappa shape index (κ3) is 0.872. The summed E-state index contributed by atoms with van der Waals surface area (Å²) in [7, 11) is 1.68. The van der Waals surface area contributed by atoms with Crippen molar-refractivity contribution in [3.63, 3.8) is 0 Å². The van der Waals surface area contributed by atoms with Gasteiger partial charge in [0, 0.05) is 13.6 Å². The Morgan fingerprint density at radius 3 is 2.67 bits per heavy atom. The number of nitrogens with zero attached hydrogens (tertiary/aromatic N) is 3. The summed E-state index contributed by atoms with van der Waals surface area (Å²) in [6, 6.07) is 0. The van der Waals surface area contributed by atoms with Crippen molar-refractivity contribution in [1.29, 1.82) is 0 Å². The lowest BCUT2D eigenvalue weighted by Gasteiger charge is -1.86. The van der Waals surface area contributed by atoms with Gasteiger partial charge in [-0.2, -0.15) is 5.10 Å². The lowest BCUT2D eigenvalue weighted by Crippen LogP contribution is -2.21. The molecule has 0 amide bonds. The lowest BCUT2D eigenvalue weighted by atomic mass is 10.8. The summed E-state index contributed by atoms with van der Waals surface area (Å²) >= 11 is 0. The fraction of sp³-hybridized carbons (Fsp3) is 0.600. The summed E-state index contributed by atoms with van der Waals surface area (Å²) in [5.41, 5.74) is -0.0579. The minimum Gasteiger partial charge on any atom is -0.285 e. The van der Waals surface area contributed by atoms with E-state index >= 15 is 0 Å². The second kappa shape index (κ2) is 2.05. The maximum Gasteiger partial charge on any atom is 0.345 e. The molecule has 0 spiro atoms. The molecule has 0 aromatic carbocycles. The molecule has 0 N–H and O–H groups in total. The summed E-state index contributed by atoms with van der Waals surface area (Å²) in [6.07, 6.45) is 1.51. The average Bonchev–Trinajstić information content (AvgIpc) is 2.15. The monoisotopic (exact) mass is 127 g/mol. The highest BCUT2D eigenvalue weighted by Gasteiger charge is 1.94. The van der Waals surface area contributed by atoms with E-state index in [1.165, 1.54) is 15.6 Å². The molecule has 0 aliphatic heterocycles. The number of hydrogen-bond donors (Lipinski definition) is 0. The molecule has 0 saturated heterocycles. The molecule has 1 heterocycles. The van der Waals surface area contributed by atoms with Crippen LogP contribution in [-0.4, -0.2) is 14.3 Å². The largest absolute Gasteiger partial charge is 0.345 e. The predicted molar refractivity (Wildman–Crippen MR) is 33.1 cm³/mol. The maximum atomic E-state index is 10.9. The first-order valence-corrected chi connectivity index (χ1v) is 2.84. The van der Waals surface area contributed by atoms with E-state index in [1.807, 2.05) is 6.92 Å². The summed E-state index contributed by atoms with van der Waals surface area (Å²) in [6.45, 7) is 2.52. The van der Waals surface area contributed by atoms with Crippen LogP contribution in [0, 0.1) is 0 Å². The highest BCUT2D eigenvalue weighted by Crippen LogP contribution is 1.71. The summed E-state index contributed by atoms with van der Waals surface area (Å²) in [5, 5.41) is 3.80. The van der Waals surface area contributed by atoms with Gasteiger partial charge in [0.15, 0.2) is 0 Å². The molecule has 9 heavy (non-hydrogen) atoms. The first kappa shape index (κ1) is 6.07. The Morgan fingerprint density at radius 2 is 2.44 bits per heavy atom. The highest BCUT2D eigenvalue weighted by molar-refractivity contribution is 4.63. The quantitative estimate of drug-likeness (QED) is 0.515. The molecule has 4 heteroatoms. The van der Waals surface area contributed by atoms with E-state index in [-0.39, 0.29) is 5.69 Å². The van der Waals surface area contributed by atoms with Crippen LogP contribution in [0.2, 0.25) is 0 Å². The molecule has 0 bridgehead atoms. The van der Waals surface area contributed by atoms with Crippen molar-refractivity contribution in [3.8, 4) is 0 Å². The number of rotatable bonds is 1. The van der Waals surface area contributed by atoms with Crippen LogP contribution in [0.15, 0.2) is 11.1 Å². The van der Waals surface area contributed by atoms with Gasteiger partial charge in [-0.15, -0.1) is 0 Å². The predicted octanol–water partition coefficient (Wildman–Crippen LogP) is -0.398. The molecule has 0 unspecified atom stereocenters. The van der Waals surface area contributed by atoms with E-state index in [0.29, 0.717) is 6.54 Å². The van der Waals surface area contributed by atoms with Crippen LogP contribution in [0.4, 0.5) is 0 Å². The molecule has 0 aliphatic rings. The second-order valence-electron chi connectivity index (χ2n) is 1.84. The zero-order valence-corrected chi connectivity index (χ0v) is 5.53. The Hall–Kier alpha value is -1.06. The van der Waals surface area contributed by atoms with Crippen LogP contribution in [0.1, 0.15) is 6.92 Å². The van der Waals surface area contributed by atoms with E-state index in [4.69, 9.17) is 0 Å². The van der Waals surface area contributed by atoms with Gasteiger partial charge in [-0.1, -0.05) is 0 Å². The molecule has 4 nitrogen and oxygen atoms in total. The van der Waals surface area contributed by atoms with E-state index < -0.39 is 0 Å². The van der Waals surface area contributed by atoms with Crippen molar-refractivity contribution in [2.75, 3.05) is 0 Å². The van der Waals surface area contributed by atoms with Crippen molar-refractivity contribution in [2.45, 2.75) is 13.5 Å². The summed E-state index contributed by atoms with van der Waals surface area (Å²) in [5.74, 6) is 0. The minimum absolute atomic E-state index is 0.0579. The minimum atomic E-state index is -0.0579. The molecule has 0 aliphatic carbocycles. The van der Waals surface area contributed by atoms with Gasteiger partial charge in [0.05, 0.1) is 0 Å². The van der Waals surface area contributed by atoms with Crippen LogP contribution in [0.5, 0.6) is 0 Å². The lowest BCUT2D eigenvalue weighted by molar-refractivity contribution is 0.623. The Kier molecular flexibility index (Phi) is 1.38. The highest BCUT2D eigenvalue weighted by atomic mass is 16.2. The summed E-state index contributed by atoms with van der Waals surface area (Å²) in [4.78, 5) is 10.9. The standard InChI is InChI=1S/C5H9N3O/c1-3-8-5(9)7(2)4-6-8/h4H,3H2,1-2H3. The third-order valence-corrected chi connectivity index (χ3v) is 1.19. The Bertz CT molecular complexity index is 247. The van der Waals surface area contributed by atoms with Crippen LogP contribution in [0.3, 0.4) is 0 Å². The van der Waals surface area contributed by atoms with Crippen LogP contribution in [0.25, 0.3) is 0 Å². The summed E-state index contributed by atoms with van der Waals surface area (Å²) < 4.78 is 2.85. The van der Waals surface area contributed by atoms with Crippen LogP contribution in [-0.2, 0) is 13.6 Å². The Labute approximate surface area is 52.7 Å². The van der Waals surface area contributed by atoms with Gasteiger partial charge < -0.3 is 0 Å². The van der Waals surface area contributed by atoms with Gasteiger partial charge in [-0.25, -0.2) is 9.48 Å². The average molecular weight is 127 g/mol. The Balaban J connectivity index is 3.20. The normalized spacial score (nSPS) is 10.0. The molecule has 1 aromatic rings. The van der Waals surface area contributed by atoms with E-state index in [1.54, 1.807) is 7.05 Å². The topological polar surface area (TPSA) is 39.8 Å². The zero-order valence-electron chi connectivity index (χ0n) is 5.53. The first-order chi connectivity index (χ1) is 4.25.